The average molecular weight is 187 g/mol. The molecule has 0 aliphatic rings. The molecule has 1 aromatic rings. The number of hydrogen-bond donors (Lipinski definition) is 1. The largest absolute Gasteiger partial charge is 0.575 e. The van der Waals surface area contributed by atoms with E-state index in [0.717, 1.165) is 12.0 Å². The highest BCUT2D eigenvalue weighted by Gasteiger charge is 2.08. The van der Waals surface area contributed by atoms with Gasteiger partial charge >= 0.3 is 0 Å². The van der Waals surface area contributed by atoms with Crippen LogP contribution < -0.4 is 5.73 Å². The summed E-state index contributed by atoms with van der Waals surface area (Å²) in [6, 6.07) is 6.50. The molecule has 0 radical (unpaired) electrons. The second-order valence-corrected chi connectivity index (χ2v) is 3.32. The van der Waals surface area contributed by atoms with Crippen molar-refractivity contribution in [3.63, 3.8) is 0 Å². The smallest absolute Gasteiger partial charge is 0.217 e. The molecule has 0 saturated carbocycles. The van der Waals surface area contributed by atoms with Crippen LogP contribution in [0.3, 0.4) is 0 Å². The van der Waals surface area contributed by atoms with Gasteiger partial charge in [0.25, 0.3) is 0 Å². The second kappa shape index (κ2) is 4.45. The maximum absolute atomic E-state index is 12.2. The maximum Gasteiger partial charge on any atom is 0.217 e. The summed E-state index contributed by atoms with van der Waals surface area (Å²) in [7, 11) is 0. The maximum atomic E-state index is 12.2. The molecule has 66 valence electrons. The summed E-state index contributed by atoms with van der Waals surface area (Å²) in [5, 5.41) is 0. The molecule has 0 aliphatic carbocycles. The Balaban J connectivity index is 2.71. The van der Waals surface area contributed by atoms with Crippen molar-refractivity contribution in [3.05, 3.63) is 29.8 Å². The molecule has 0 amide bonds. The molecule has 0 fully saturated rings. The van der Waals surface area contributed by atoms with Crippen molar-refractivity contribution in [3.8, 4) is 0 Å². The standard InChI is InChI=1S/C8H10FNOS/c9-12(11)8-3-1-7(2-4-8)5-6-10/h1-4H,5-6,10H2. The van der Waals surface area contributed by atoms with Gasteiger partial charge in [0, 0.05) is 3.89 Å². The lowest BCUT2D eigenvalue weighted by atomic mass is 10.2. The first kappa shape index (κ1) is 9.51. The van der Waals surface area contributed by atoms with Crippen molar-refractivity contribution in [2.75, 3.05) is 6.54 Å². The van der Waals surface area contributed by atoms with Crippen LogP contribution in [0.4, 0.5) is 3.89 Å². The van der Waals surface area contributed by atoms with Gasteiger partial charge in [-0.3, -0.25) is 0 Å². The van der Waals surface area contributed by atoms with Gasteiger partial charge in [-0.25, -0.2) is 0 Å². The Hall–Kier alpha value is -0.580. The fourth-order valence-electron chi connectivity index (χ4n) is 0.930. The summed E-state index contributed by atoms with van der Waals surface area (Å²) in [6.07, 6.45) is 0.763. The van der Waals surface area contributed by atoms with E-state index >= 15 is 0 Å². The van der Waals surface area contributed by atoms with Crippen LogP contribution in [0.2, 0.25) is 0 Å². The van der Waals surface area contributed by atoms with Crippen molar-refractivity contribution in [2.24, 2.45) is 5.73 Å². The minimum atomic E-state index is -2.37. The third-order valence-electron chi connectivity index (χ3n) is 1.54. The fraction of sp³-hybridized carbons (Fsp3) is 0.250. The highest BCUT2D eigenvalue weighted by Crippen LogP contribution is 2.12. The van der Waals surface area contributed by atoms with Gasteiger partial charge in [0.1, 0.15) is 0 Å². The summed E-state index contributed by atoms with van der Waals surface area (Å²) in [4.78, 5) is 0.204. The number of hydrogen-bond acceptors (Lipinski definition) is 2. The summed E-state index contributed by atoms with van der Waals surface area (Å²) >= 11 is -2.37. The van der Waals surface area contributed by atoms with Crippen LogP contribution in [0.1, 0.15) is 5.56 Å². The van der Waals surface area contributed by atoms with E-state index in [1.54, 1.807) is 12.1 Å². The zero-order valence-electron chi connectivity index (χ0n) is 6.50. The van der Waals surface area contributed by atoms with Crippen molar-refractivity contribution in [1.29, 1.82) is 0 Å². The molecule has 0 heterocycles. The van der Waals surface area contributed by atoms with Gasteiger partial charge in [0.2, 0.25) is 11.6 Å². The number of halogens is 1. The van der Waals surface area contributed by atoms with Crippen LogP contribution in [0, 0.1) is 0 Å². The average Bonchev–Trinajstić information content (AvgIpc) is 2.06. The molecule has 2 nitrogen and oxygen atoms in total. The first-order chi connectivity index (χ1) is 5.74. The van der Waals surface area contributed by atoms with Crippen molar-refractivity contribution in [2.45, 2.75) is 11.3 Å². The molecule has 0 spiro atoms. The summed E-state index contributed by atoms with van der Waals surface area (Å²) in [5.74, 6) is 0. The lowest BCUT2D eigenvalue weighted by Crippen LogP contribution is -2.02. The first-order valence-corrected chi connectivity index (χ1v) is 4.66. The molecule has 0 saturated heterocycles. The molecule has 1 atom stereocenters. The van der Waals surface area contributed by atoms with E-state index in [4.69, 9.17) is 5.73 Å². The first-order valence-electron chi connectivity index (χ1n) is 3.61. The molecular weight excluding hydrogens is 177 g/mol. The minimum absolute atomic E-state index is 0.204. The minimum Gasteiger partial charge on any atom is -0.575 e. The number of rotatable bonds is 3. The van der Waals surface area contributed by atoms with Gasteiger partial charge in [-0.2, -0.15) is 0 Å². The van der Waals surface area contributed by atoms with Crippen LogP contribution in [-0.2, 0) is 18.0 Å². The van der Waals surface area contributed by atoms with Gasteiger partial charge in [0.05, 0.1) is 0 Å². The molecule has 1 unspecified atom stereocenters. The highest BCUT2D eigenvalue weighted by molar-refractivity contribution is 7.86. The zero-order valence-corrected chi connectivity index (χ0v) is 7.31. The Morgan fingerprint density at radius 3 is 2.33 bits per heavy atom. The Morgan fingerprint density at radius 1 is 1.33 bits per heavy atom. The molecule has 2 N–H and O–H groups in total. The topological polar surface area (TPSA) is 49.1 Å². The molecule has 12 heavy (non-hydrogen) atoms. The van der Waals surface area contributed by atoms with Gasteiger partial charge in [-0.15, -0.1) is 0 Å². The summed E-state index contributed by atoms with van der Waals surface area (Å²) in [6.45, 7) is 0.568. The molecule has 1 rings (SSSR count). The van der Waals surface area contributed by atoms with Crippen LogP contribution >= 0.6 is 0 Å². The molecule has 0 bridgehead atoms. The Morgan fingerprint density at radius 2 is 1.92 bits per heavy atom. The SMILES string of the molecule is NCCc1ccc([S+]([O-])F)cc1. The van der Waals surface area contributed by atoms with Gasteiger partial charge in [-0.05, 0) is 30.7 Å². The van der Waals surface area contributed by atoms with Crippen LogP contribution in [0.15, 0.2) is 29.2 Å². The highest BCUT2D eigenvalue weighted by atomic mass is 32.3. The number of nitrogens with two attached hydrogens (primary N) is 1. The van der Waals surface area contributed by atoms with E-state index in [1.807, 2.05) is 0 Å². The van der Waals surface area contributed by atoms with Crippen molar-refractivity contribution >= 4 is 11.6 Å². The third-order valence-corrected chi connectivity index (χ3v) is 2.18. The lowest BCUT2D eigenvalue weighted by molar-refractivity contribution is 0.551. The fourth-order valence-corrected chi connectivity index (χ4v) is 1.28. The van der Waals surface area contributed by atoms with Crippen molar-refractivity contribution in [1.82, 2.24) is 0 Å². The van der Waals surface area contributed by atoms with E-state index in [1.165, 1.54) is 12.1 Å². The zero-order chi connectivity index (χ0) is 8.97. The predicted octanol–water partition coefficient (Wildman–Crippen LogP) is 1.18. The van der Waals surface area contributed by atoms with Crippen LogP contribution in [0.5, 0.6) is 0 Å². The predicted molar refractivity (Wildman–Crippen MR) is 46.7 cm³/mol. The van der Waals surface area contributed by atoms with E-state index in [2.05, 4.69) is 0 Å². The van der Waals surface area contributed by atoms with Crippen LogP contribution in [0.25, 0.3) is 0 Å². The quantitative estimate of drug-likeness (QED) is 0.722. The molecule has 0 aromatic heterocycles. The van der Waals surface area contributed by atoms with Crippen LogP contribution in [-0.4, -0.2) is 11.1 Å². The third kappa shape index (κ3) is 2.48. The number of benzene rings is 1. The lowest BCUT2D eigenvalue weighted by Gasteiger charge is -1.99. The molecule has 0 aliphatic heterocycles. The van der Waals surface area contributed by atoms with E-state index < -0.39 is 11.6 Å². The molecular formula is C8H10FNOS. The Kier molecular flexibility index (Phi) is 3.52. The van der Waals surface area contributed by atoms with Gasteiger partial charge < -0.3 is 10.3 Å². The van der Waals surface area contributed by atoms with E-state index in [0.29, 0.717) is 6.54 Å². The monoisotopic (exact) mass is 187 g/mol. The van der Waals surface area contributed by atoms with E-state index in [-0.39, 0.29) is 4.90 Å². The molecule has 1 aromatic carbocycles. The second-order valence-electron chi connectivity index (χ2n) is 2.41. The van der Waals surface area contributed by atoms with E-state index in [9.17, 15) is 8.44 Å². The Bertz CT molecular complexity index is 237. The van der Waals surface area contributed by atoms with Gasteiger partial charge in [-0.1, -0.05) is 12.1 Å². The normalized spacial score (nSPS) is 12.9. The summed E-state index contributed by atoms with van der Waals surface area (Å²) in [5.41, 5.74) is 6.36. The Labute approximate surface area is 74.1 Å². The van der Waals surface area contributed by atoms with Gasteiger partial charge in [0.15, 0.2) is 4.90 Å². The van der Waals surface area contributed by atoms with Crippen molar-refractivity contribution < 1.29 is 8.44 Å². The molecule has 4 heteroatoms. The summed E-state index contributed by atoms with van der Waals surface area (Å²) < 4.78 is 22.5.